The van der Waals surface area contributed by atoms with E-state index in [0.717, 1.165) is 35.5 Å². The van der Waals surface area contributed by atoms with Crippen LogP contribution in [0.25, 0.3) is 6.08 Å². The maximum atomic E-state index is 12.7. The number of hydrogen-bond acceptors (Lipinski definition) is 4. The van der Waals surface area contributed by atoms with Crippen molar-refractivity contribution in [3.05, 3.63) is 63.0 Å². The molecule has 0 aliphatic carbocycles. The summed E-state index contributed by atoms with van der Waals surface area (Å²) in [6.07, 6.45) is 3.71. The predicted molar refractivity (Wildman–Crippen MR) is 108 cm³/mol. The average Bonchev–Trinajstić information content (AvgIpc) is 3.35. The van der Waals surface area contributed by atoms with E-state index in [2.05, 4.69) is 10.6 Å². The number of nitrogens with one attached hydrogen (secondary N) is 2. The van der Waals surface area contributed by atoms with Crippen molar-refractivity contribution < 1.29 is 14.3 Å². The highest BCUT2D eigenvalue weighted by Gasteiger charge is 2.19. The van der Waals surface area contributed by atoms with Crippen LogP contribution < -0.4 is 10.6 Å². The third kappa shape index (κ3) is 5.28. The summed E-state index contributed by atoms with van der Waals surface area (Å²) in [6.45, 7) is 5.14. The van der Waals surface area contributed by atoms with Crippen molar-refractivity contribution in [2.75, 3.05) is 13.2 Å². The van der Waals surface area contributed by atoms with Gasteiger partial charge in [-0.3, -0.25) is 9.59 Å². The number of carbonyl (C=O) groups excluding carboxylic acids is 2. The molecular formula is C21H24N2O3S. The Kier molecular flexibility index (Phi) is 6.42. The number of benzene rings is 1. The summed E-state index contributed by atoms with van der Waals surface area (Å²) >= 11 is 1.51. The molecule has 6 heteroatoms. The van der Waals surface area contributed by atoms with Gasteiger partial charge in [-0.15, -0.1) is 11.3 Å². The first-order valence-electron chi connectivity index (χ1n) is 9.06. The van der Waals surface area contributed by atoms with Crippen LogP contribution in [0.4, 0.5) is 0 Å². The van der Waals surface area contributed by atoms with E-state index in [4.69, 9.17) is 4.74 Å². The van der Waals surface area contributed by atoms with Crippen LogP contribution in [-0.4, -0.2) is 31.1 Å². The van der Waals surface area contributed by atoms with Crippen LogP contribution in [0.15, 0.2) is 41.4 Å². The van der Waals surface area contributed by atoms with Crippen molar-refractivity contribution in [2.45, 2.75) is 32.8 Å². The lowest BCUT2D eigenvalue weighted by Gasteiger charge is -2.14. The highest BCUT2D eigenvalue weighted by atomic mass is 32.1. The van der Waals surface area contributed by atoms with Crippen molar-refractivity contribution in [2.24, 2.45) is 0 Å². The van der Waals surface area contributed by atoms with Crippen molar-refractivity contribution in [3.63, 3.8) is 0 Å². The Balaban J connectivity index is 1.73. The molecule has 0 unspecified atom stereocenters. The second-order valence-electron chi connectivity index (χ2n) is 6.67. The third-order valence-corrected chi connectivity index (χ3v) is 5.43. The average molecular weight is 385 g/mol. The molecule has 2 aromatic rings. The zero-order valence-corrected chi connectivity index (χ0v) is 16.4. The zero-order valence-electron chi connectivity index (χ0n) is 15.6. The monoisotopic (exact) mass is 384 g/mol. The van der Waals surface area contributed by atoms with Gasteiger partial charge < -0.3 is 15.4 Å². The zero-order chi connectivity index (χ0) is 19.2. The second-order valence-corrected chi connectivity index (χ2v) is 7.65. The van der Waals surface area contributed by atoms with Gasteiger partial charge in [0.25, 0.3) is 11.8 Å². The number of amides is 2. The van der Waals surface area contributed by atoms with Gasteiger partial charge in [-0.05, 0) is 67.5 Å². The van der Waals surface area contributed by atoms with E-state index in [0.29, 0.717) is 12.1 Å². The van der Waals surface area contributed by atoms with E-state index in [1.54, 1.807) is 12.1 Å². The minimum Gasteiger partial charge on any atom is -0.376 e. The molecule has 0 saturated carbocycles. The number of carbonyl (C=O) groups is 2. The summed E-state index contributed by atoms with van der Waals surface area (Å²) in [6, 6.07) is 9.32. The van der Waals surface area contributed by atoms with E-state index in [1.807, 2.05) is 43.5 Å². The molecule has 2 heterocycles. The molecule has 0 bridgehead atoms. The fraction of sp³-hybridized carbons (Fsp3) is 0.333. The highest BCUT2D eigenvalue weighted by molar-refractivity contribution is 7.10. The summed E-state index contributed by atoms with van der Waals surface area (Å²) in [7, 11) is 0. The van der Waals surface area contributed by atoms with Gasteiger partial charge in [0.1, 0.15) is 5.70 Å². The minimum atomic E-state index is -0.309. The molecule has 0 spiro atoms. The van der Waals surface area contributed by atoms with E-state index >= 15 is 0 Å². The predicted octanol–water partition coefficient (Wildman–Crippen LogP) is 3.43. The molecule has 1 aliphatic heterocycles. The summed E-state index contributed by atoms with van der Waals surface area (Å²) in [5.74, 6) is -0.607. The highest BCUT2D eigenvalue weighted by Crippen LogP contribution is 2.15. The Morgan fingerprint density at radius 1 is 1.26 bits per heavy atom. The molecule has 2 amide bonds. The Bertz CT molecular complexity index is 837. The van der Waals surface area contributed by atoms with E-state index in [1.165, 1.54) is 11.3 Å². The molecule has 1 atom stereocenters. The largest absolute Gasteiger partial charge is 0.376 e. The van der Waals surface area contributed by atoms with Gasteiger partial charge in [-0.1, -0.05) is 12.1 Å². The number of rotatable bonds is 6. The van der Waals surface area contributed by atoms with Gasteiger partial charge in [-0.2, -0.15) is 0 Å². The Hall–Kier alpha value is -2.44. The van der Waals surface area contributed by atoms with Gasteiger partial charge in [0, 0.05) is 23.6 Å². The molecule has 1 aliphatic rings. The first kappa shape index (κ1) is 19.3. The van der Waals surface area contributed by atoms with Crippen LogP contribution in [-0.2, 0) is 9.53 Å². The number of thiophene rings is 1. The van der Waals surface area contributed by atoms with Crippen LogP contribution in [0.2, 0.25) is 0 Å². The molecule has 1 aromatic heterocycles. The molecule has 0 radical (unpaired) electrons. The first-order chi connectivity index (χ1) is 13.0. The van der Waals surface area contributed by atoms with Crippen molar-refractivity contribution in [3.8, 4) is 0 Å². The van der Waals surface area contributed by atoms with Crippen molar-refractivity contribution in [1.82, 2.24) is 10.6 Å². The van der Waals surface area contributed by atoms with Gasteiger partial charge in [-0.25, -0.2) is 0 Å². The van der Waals surface area contributed by atoms with E-state index in [-0.39, 0.29) is 23.6 Å². The maximum absolute atomic E-state index is 12.7. The lowest BCUT2D eigenvalue weighted by molar-refractivity contribution is -0.118. The molecular weight excluding hydrogens is 360 g/mol. The quantitative estimate of drug-likeness (QED) is 0.750. The Labute approximate surface area is 163 Å². The van der Waals surface area contributed by atoms with Crippen LogP contribution in [0.3, 0.4) is 0 Å². The molecule has 1 fully saturated rings. The normalized spacial score (nSPS) is 17.0. The van der Waals surface area contributed by atoms with Gasteiger partial charge in [0.05, 0.1) is 6.10 Å². The Morgan fingerprint density at radius 2 is 2.11 bits per heavy atom. The molecule has 1 saturated heterocycles. The van der Waals surface area contributed by atoms with Crippen molar-refractivity contribution >= 4 is 29.2 Å². The number of hydrogen-bond donors (Lipinski definition) is 2. The number of aryl methyl sites for hydroxylation is 2. The summed E-state index contributed by atoms with van der Waals surface area (Å²) in [4.78, 5) is 26.2. The standard InChI is InChI=1S/C21H24N2O3S/c1-14-7-8-16(11-15(14)2)20(24)23-19(12-18-6-4-10-27-18)21(25)22-13-17-5-3-9-26-17/h4,6-8,10-12,17H,3,5,9,13H2,1-2H3,(H,22,25)(H,23,24)/b19-12+/t17-/m1/s1. The van der Waals surface area contributed by atoms with Crippen LogP contribution in [0.5, 0.6) is 0 Å². The molecule has 2 N–H and O–H groups in total. The van der Waals surface area contributed by atoms with E-state index in [9.17, 15) is 9.59 Å². The number of ether oxygens (including phenoxy) is 1. The Morgan fingerprint density at radius 3 is 2.78 bits per heavy atom. The molecule has 142 valence electrons. The molecule has 1 aromatic carbocycles. The molecule has 5 nitrogen and oxygen atoms in total. The van der Waals surface area contributed by atoms with Crippen LogP contribution >= 0.6 is 11.3 Å². The SMILES string of the molecule is Cc1ccc(C(=O)N/C(=C/c2cccs2)C(=O)NC[C@H]2CCCO2)cc1C. The maximum Gasteiger partial charge on any atom is 0.267 e. The fourth-order valence-corrected chi connectivity index (χ4v) is 3.52. The van der Waals surface area contributed by atoms with E-state index < -0.39 is 0 Å². The summed E-state index contributed by atoms with van der Waals surface area (Å²) in [5, 5.41) is 7.57. The summed E-state index contributed by atoms with van der Waals surface area (Å²) < 4.78 is 5.54. The van der Waals surface area contributed by atoms with Gasteiger partial charge >= 0.3 is 0 Å². The van der Waals surface area contributed by atoms with Gasteiger partial charge in [0.15, 0.2) is 0 Å². The topological polar surface area (TPSA) is 67.4 Å². The first-order valence-corrected chi connectivity index (χ1v) is 9.94. The molecule has 3 rings (SSSR count). The van der Waals surface area contributed by atoms with Crippen LogP contribution in [0.1, 0.15) is 39.2 Å². The van der Waals surface area contributed by atoms with Gasteiger partial charge in [0.2, 0.25) is 0 Å². The third-order valence-electron chi connectivity index (χ3n) is 4.61. The smallest absolute Gasteiger partial charge is 0.267 e. The molecule has 27 heavy (non-hydrogen) atoms. The summed E-state index contributed by atoms with van der Waals surface area (Å²) in [5.41, 5.74) is 2.92. The minimum absolute atomic E-state index is 0.0485. The fourth-order valence-electron chi connectivity index (χ4n) is 2.86. The second kappa shape index (κ2) is 8.97. The lowest BCUT2D eigenvalue weighted by atomic mass is 10.1. The van der Waals surface area contributed by atoms with Crippen molar-refractivity contribution in [1.29, 1.82) is 0 Å². The lowest BCUT2D eigenvalue weighted by Crippen LogP contribution is -2.38. The van der Waals surface area contributed by atoms with Crippen LogP contribution in [0, 0.1) is 13.8 Å².